The van der Waals surface area contributed by atoms with Gasteiger partial charge in [-0.1, -0.05) is 30.9 Å². The van der Waals surface area contributed by atoms with Crippen molar-refractivity contribution in [3.05, 3.63) is 23.2 Å². The van der Waals surface area contributed by atoms with Crippen molar-refractivity contribution in [2.45, 2.75) is 32.1 Å². The van der Waals surface area contributed by atoms with Gasteiger partial charge in [-0.15, -0.1) is 0 Å². The summed E-state index contributed by atoms with van der Waals surface area (Å²) in [7, 11) is 1.58. The summed E-state index contributed by atoms with van der Waals surface area (Å²) in [6.07, 6.45) is 4.97. The predicted octanol–water partition coefficient (Wildman–Crippen LogP) is 3.20. The lowest BCUT2D eigenvalue weighted by atomic mass is 9.73. The molecule has 1 aliphatic rings. The van der Waals surface area contributed by atoms with Gasteiger partial charge in [0.05, 0.1) is 23.2 Å². The standard InChI is InChI=1S/C15H21ClN2O2/c1-20-11-5-6-12(16)13(9-11)18-14(19)15(10-17)7-3-2-4-8-15/h5-6,9H,2-4,7-8,10,17H2,1H3,(H,18,19). The number of amides is 1. The maximum absolute atomic E-state index is 12.6. The van der Waals surface area contributed by atoms with E-state index >= 15 is 0 Å². The smallest absolute Gasteiger partial charge is 0.231 e. The maximum atomic E-state index is 12.6. The highest BCUT2D eigenvalue weighted by Crippen LogP contribution is 2.37. The fourth-order valence-corrected chi connectivity index (χ4v) is 2.90. The van der Waals surface area contributed by atoms with Gasteiger partial charge in [-0.2, -0.15) is 0 Å². The summed E-state index contributed by atoms with van der Waals surface area (Å²) >= 11 is 6.12. The number of carbonyl (C=O) groups excluding carboxylic acids is 1. The lowest BCUT2D eigenvalue weighted by Crippen LogP contribution is -2.43. The molecular formula is C15H21ClN2O2. The lowest BCUT2D eigenvalue weighted by molar-refractivity contribution is -0.126. The summed E-state index contributed by atoms with van der Waals surface area (Å²) in [5.41, 5.74) is 5.99. The molecule has 1 aromatic rings. The number of rotatable bonds is 4. The number of ether oxygens (including phenoxy) is 1. The van der Waals surface area contributed by atoms with Crippen molar-refractivity contribution >= 4 is 23.2 Å². The number of methoxy groups -OCH3 is 1. The van der Waals surface area contributed by atoms with Gasteiger partial charge in [0, 0.05) is 12.6 Å². The molecule has 0 heterocycles. The van der Waals surface area contributed by atoms with Crippen molar-refractivity contribution in [3.8, 4) is 5.75 Å². The lowest BCUT2D eigenvalue weighted by Gasteiger charge is -2.34. The van der Waals surface area contributed by atoms with Crippen LogP contribution < -0.4 is 15.8 Å². The Bertz CT molecular complexity index is 485. The second-order valence-electron chi connectivity index (χ2n) is 5.35. The van der Waals surface area contributed by atoms with Crippen LogP contribution >= 0.6 is 11.6 Å². The van der Waals surface area contributed by atoms with E-state index in [0.717, 1.165) is 25.7 Å². The van der Waals surface area contributed by atoms with Gasteiger partial charge in [-0.3, -0.25) is 4.79 Å². The third-order valence-corrected chi connectivity index (χ3v) is 4.43. The van der Waals surface area contributed by atoms with Crippen LogP contribution in [0.25, 0.3) is 0 Å². The Balaban J connectivity index is 2.18. The first-order valence-corrected chi connectivity index (χ1v) is 7.34. The van der Waals surface area contributed by atoms with Crippen LogP contribution in [-0.2, 0) is 4.79 Å². The predicted molar refractivity (Wildman–Crippen MR) is 81.2 cm³/mol. The zero-order valence-electron chi connectivity index (χ0n) is 11.7. The Labute approximate surface area is 124 Å². The van der Waals surface area contributed by atoms with Gasteiger partial charge < -0.3 is 15.8 Å². The van der Waals surface area contributed by atoms with E-state index in [4.69, 9.17) is 22.1 Å². The van der Waals surface area contributed by atoms with Crippen LogP contribution in [0.1, 0.15) is 32.1 Å². The fraction of sp³-hybridized carbons (Fsp3) is 0.533. The van der Waals surface area contributed by atoms with Crippen molar-refractivity contribution < 1.29 is 9.53 Å². The summed E-state index contributed by atoms with van der Waals surface area (Å²) in [4.78, 5) is 12.6. The second kappa shape index (κ2) is 6.46. The minimum atomic E-state index is -0.454. The number of hydrogen-bond acceptors (Lipinski definition) is 3. The van der Waals surface area contributed by atoms with E-state index in [-0.39, 0.29) is 5.91 Å². The number of hydrogen-bond donors (Lipinski definition) is 2. The third-order valence-electron chi connectivity index (χ3n) is 4.10. The first kappa shape index (κ1) is 15.1. The monoisotopic (exact) mass is 296 g/mol. The molecule has 1 aromatic carbocycles. The summed E-state index contributed by atoms with van der Waals surface area (Å²) in [6, 6.07) is 5.20. The molecule has 4 nitrogen and oxygen atoms in total. The Kier molecular flexibility index (Phi) is 4.89. The molecule has 0 unspecified atom stereocenters. The summed E-state index contributed by atoms with van der Waals surface area (Å²) < 4.78 is 5.15. The molecule has 0 aliphatic heterocycles. The van der Waals surface area contributed by atoms with Gasteiger partial charge in [0.15, 0.2) is 0 Å². The van der Waals surface area contributed by atoms with Gasteiger partial charge >= 0.3 is 0 Å². The van der Waals surface area contributed by atoms with Gasteiger partial charge in [0.25, 0.3) is 0 Å². The first-order valence-electron chi connectivity index (χ1n) is 6.96. The molecule has 1 amide bonds. The Morgan fingerprint density at radius 3 is 2.70 bits per heavy atom. The van der Waals surface area contributed by atoms with E-state index in [2.05, 4.69) is 5.32 Å². The van der Waals surface area contributed by atoms with Crippen LogP contribution in [0, 0.1) is 5.41 Å². The number of nitrogens with one attached hydrogen (secondary N) is 1. The van der Waals surface area contributed by atoms with Crippen molar-refractivity contribution in [2.75, 3.05) is 19.0 Å². The minimum absolute atomic E-state index is 0.0325. The molecule has 0 aromatic heterocycles. The molecular weight excluding hydrogens is 276 g/mol. The van der Waals surface area contributed by atoms with Crippen LogP contribution in [-0.4, -0.2) is 19.6 Å². The Hall–Kier alpha value is -1.26. The van der Waals surface area contributed by atoms with Crippen LogP contribution in [0.3, 0.4) is 0 Å². The largest absolute Gasteiger partial charge is 0.497 e. The van der Waals surface area contributed by atoms with Gasteiger partial charge in [0.2, 0.25) is 5.91 Å². The topological polar surface area (TPSA) is 64.3 Å². The number of anilines is 1. The SMILES string of the molecule is COc1ccc(Cl)c(NC(=O)C2(CN)CCCCC2)c1. The van der Waals surface area contributed by atoms with Crippen LogP contribution in [0.5, 0.6) is 5.75 Å². The number of carbonyl (C=O) groups is 1. The van der Waals surface area contributed by atoms with E-state index in [9.17, 15) is 4.79 Å². The normalized spacial score (nSPS) is 17.6. The fourth-order valence-electron chi connectivity index (χ4n) is 2.73. The molecule has 0 bridgehead atoms. The van der Waals surface area contributed by atoms with Gasteiger partial charge in [0.1, 0.15) is 5.75 Å². The first-order chi connectivity index (χ1) is 9.61. The van der Waals surface area contributed by atoms with Crippen LogP contribution in [0.2, 0.25) is 5.02 Å². The summed E-state index contributed by atoms with van der Waals surface area (Å²) in [6.45, 7) is 0.375. The summed E-state index contributed by atoms with van der Waals surface area (Å²) in [5, 5.41) is 3.42. The molecule has 0 radical (unpaired) electrons. The van der Waals surface area contributed by atoms with E-state index in [1.54, 1.807) is 25.3 Å². The molecule has 0 spiro atoms. The minimum Gasteiger partial charge on any atom is -0.497 e. The second-order valence-corrected chi connectivity index (χ2v) is 5.75. The van der Waals surface area contributed by atoms with Gasteiger partial charge in [-0.25, -0.2) is 0 Å². The zero-order chi connectivity index (χ0) is 14.6. The molecule has 1 saturated carbocycles. The van der Waals surface area contributed by atoms with Crippen LogP contribution in [0.15, 0.2) is 18.2 Å². The van der Waals surface area contributed by atoms with E-state index in [1.165, 1.54) is 6.42 Å². The molecule has 2 rings (SSSR count). The number of nitrogens with two attached hydrogens (primary N) is 1. The third kappa shape index (κ3) is 3.07. The van der Waals surface area contributed by atoms with Crippen LogP contribution in [0.4, 0.5) is 5.69 Å². The molecule has 0 atom stereocenters. The number of halogens is 1. The van der Waals surface area contributed by atoms with E-state index < -0.39 is 5.41 Å². The van der Waals surface area contributed by atoms with Gasteiger partial charge in [-0.05, 0) is 25.0 Å². The average molecular weight is 297 g/mol. The maximum Gasteiger partial charge on any atom is 0.231 e. The molecule has 110 valence electrons. The zero-order valence-corrected chi connectivity index (χ0v) is 12.5. The molecule has 5 heteroatoms. The van der Waals surface area contributed by atoms with E-state index in [1.807, 2.05) is 0 Å². The van der Waals surface area contributed by atoms with Crippen molar-refractivity contribution in [1.82, 2.24) is 0 Å². The van der Waals surface area contributed by atoms with Crippen molar-refractivity contribution in [3.63, 3.8) is 0 Å². The Morgan fingerprint density at radius 2 is 2.10 bits per heavy atom. The average Bonchev–Trinajstić information content (AvgIpc) is 2.50. The molecule has 20 heavy (non-hydrogen) atoms. The van der Waals surface area contributed by atoms with E-state index in [0.29, 0.717) is 23.0 Å². The quantitative estimate of drug-likeness (QED) is 0.897. The van der Waals surface area contributed by atoms with Crippen molar-refractivity contribution in [1.29, 1.82) is 0 Å². The highest BCUT2D eigenvalue weighted by atomic mass is 35.5. The highest BCUT2D eigenvalue weighted by Gasteiger charge is 2.38. The summed E-state index contributed by atoms with van der Waals surface area (Å²) in [5.74, 6) is 0.630. The molecule has 3 N–H and O–H groups in total. The molecule has 1 fully saturated rings. The Morgan fingerprint density at radius 1 is 1.40 bits per heavy atom. The number of benzene rings is 1. The molecule has 0 saturated heterocycles. The highest BCUT2D eigenvalue weighted by molar-refractivity contribution is 6.33. The van der Waals surface area contributed by atoms with Crippen molar-refractivity contribution in [2.24, 2.45) is 11.1 Å². The molecule has 1 aliphatic carbocycles.